The van der Waals surface area contributed by atoms with E-state index in [1.165, 1.54) is 23.1 Å². The molecule has 1 N–H and O–H groups in total. The van der Waals surface area contributed by atoms with Crippen LogP contribution in [-0.2, 0) is 26.2 Å². The second-order valence-corrected chi connectivity index (χ2v) is 11.8. The molecule has 0 aliphatic rings. The molecule has 12 heteroatoms. The SMILES string of the molecule is CCCCNC(=O)[C@@H](CC)N(Cc1ccc(Cl)c(Cl)c1)C(=O)CN(c1ccc(Cl)cc1Cl)S(C)(=O)=O. The lowest BCUT2D eigenvalue weighted by Crippen LogP contribution is -2.52. The predicted octanol–water partition coefficient (Wildman–Crippen LogP) is 5.79. The van der Waals surface area contributed by atoms with Gasteiger partial charge in [0.25, 0.3) is 0 Å². The van der Waals surface area contributed by atoms with Gasteiger partial charge in [0.2, 0.25) is 21.8 Å². The first-order chi connectivity index (χ1) is 16.9. The van der Waals surface area contributed by atoms with E-state index in [1.807, 2.05) is 6.92 Å². The number of nitrogens with one attached hydrogen (secondary N) is 1. The van der Waals surface area contributed by atoms with Crippen molar-refractivity contribution in [3.8, 4) is 0 Å². The number of unbranched alkanes of at least 4 members (excludes halogenated alkanes) is 1. The van der Waals surface area contributed by atoms with Gasteiger partial charge in [-0.15, -0.1) is 0 Å². The summed E-state index contributed by atoms with van der Waals surface area (Å²) in [6.45, 7) is 3.70. The first-order valence-corrected chi connectivity index (χ1v) is 14.7. The fraction of sp³-hybridized carbons (Fsp3) is 0.417. The topological polar surface area (TPSA) is 86.8 Å². The molecule has 36 heavy (non-hydrogen) atoms. The number of carbonyl (C=O) groups excluding carboxylic acids is 2. The van der Waals surface area contributed by atoms with Gasteiger partial charge >= 0.3 is 0 Å². The van der Waals surface area contributed by atoms with Crippen LogP contribution in [0.5, 0.6) is 0 Å². The van der Waals surface area contributed by atoms with E-state index in [2.05, 4.69) is 5.32 Å². The average molecular weight is 597 g/mol. The van der Waals surface area contributed by atoms with E-state index in [0.29, 0.717) is 33.6 Å². The van der Waals surface area contributed by atoms with Crippen molar-refractivity contribution in [1.82, 2.24) is 10.2 Å². The van der Waals surface area contributed by atoms with Crippen molar-refractivity contribution in [3.63, 3.8) is 0 Å². The van der Waals surface area contributed by atoms with E-state index in [9.17, 15) is 18.0 Å². The molecule has 0 aliphatic carbocycles. The van der Waals surface area contributed by atoms with Gasteiger partial charge in [0.05, 0.1) is 27.0 Å². The van der Waals surface area contributed by atoms with Crippen LogP contribution in [0.4, 0.5) is 5.69 Å². The number of nitrogens with zero attached hydrogens (tertiary/aromatic N) is 2. The Balaban J connectivity index is 2.46. The summed E-state index contributed by atoms with van der Waals surface area (Å²) in [6.07, 6.45) is 2.98. The zero-order valence-corrected chi connectivity index (χ0v) is 24.1. The summed E-state index contributed by atoms with van der Waals surface area (Å²) in [5.74, 6) is -0.912. The number of anilines is 1. The summed E-state index contributed by atoms with van der Waals surface area (Å²) < 4.78 is 26.2. The van der Waals surface area contributed by atoms with Crippen molar-refractivity contribution in [2.75, 3.05) is 23.7 Å². The van der Waals surface area contributed by atoms with E-state index < -0.39 is 28.5 Å². The monoisotopic (exact) mass is 595 g/mol. The number of carbonyl (C=O) groups is 2. The first kappa shape index (κ1) is 30.5. The van der Waals surface area contributed by atoms with Crippen LogP contribution in [0.25, 0.3) is 0 Å². The van der Waals surface area contributed by atoms with Gasteiger partial charge in [-0.2, -0.15) is 0 Å². The Labute approximate surface area is 232 Å². The van der Waals surface area contributed by atoms with Crippen LogP contribution >= 0.6 is 46.4 Å². The molecule has 198 valence electrons. The number of benzene rings is 2. The highest BCUT2D eigenvalue weighted by Gasteiger charge is 2.32. The molecule has 2 aromatic rings. The molecule has 0 aliphatic heterocycles. The molecule has 1 atom stereocenters. The lowest BCUT2D eigenvalue weighted by molar-refractivity contribution is -0.140. The maximum absolute atomic E-state index is 13.7. The molecule has 7 nitrogen and oxygen atoms in total. The van der Waals surface area contributed by atoms with Crippen molar-refractivity contribution in [3.05, 3.63) is 62.1 Å². The first-order valence-electron chi connectivity index (χ1n) is 11.3. The zero-order valence-electron chi connectivity index (χ0n) is 20.2. The fourth-order valence-electron chi connectivity index (χ4n) is 3.54. The second kappa shape index (κ2) is 13.7. The summed E-state index contributed by atoms with van der Waals surface area (Å²) in [5.41, 5.74) is 0.736. The number of hydrogen-bond donors (Lipinski definition) is 1. The highest BCUT2D eigenvalue weighted by Crippen LogP contribution is 2.31. The largest absolute Gasteiger partial charge is 0.354 e. The van der Waals surface area contributed by atoms with Crippen LogP contribution in [0.1, 0.15) is 38.7 Å². The van der Waals surface area contributed by atoms with E-state index in [4.69, 9.17) is 46.4 Å². The van der Waals surface area contributed by atoms with Crippen LogP contribution in [-0.4, -0.2) is 50.5 Å². The van der Waals surface area contributed by atoms with Crippen molar-refractivity contribution in [2.45, 2.75) is 45.7 Å². The Hall–Kier alpha value is -1.71. The number of halogens is 4. The Morgan fingerprint density at radius 1 is 0.972 bits per heavy atom. The second-order valence-electron chi connectivity index (χ2n) is 8.20. The highest BCUT2D eigenvalue weighted by atomic mass is 35.5. The molecule has 2 amide bonds. The zero-order chi connectivity index (χ0) is 27.0. The maximum Gasteiger partial charge on any atom is 0.244 e. The van der Waals surface area contributed by atoms with Crippen molar-refractivity contribution in [2.24, 2.45) is 0 Å². The minimum Gasteiger partial charge on any atom is -0.354 e. The molecule has 0 spiro atoms. The van der Waals surface area contributed by atoms with Gasteiger partial charge < -0.3 is 10.2 Å². The van der Waals surface area contributed by atoms with Gasteiger partial charge in [0.1, 0.15) is 12.6 Å². The van der Waals surface area contributed by atoms with E-state index in [-0.39, 0.29) is 23.2 Å². The Morgan fingerprint density at radius 2 is 1.67 bits per heavy atom. The van der Waals surface area contributed by atoms with Crippen LogP contribution < -0.4 is 9.62 Å². The minimum atomic E-state index is -3.92. The third-order valence-corrected chi connectivity index (χ3v) is 7.81. The van der Waals surface area contributed by atoms with Gasteiger partial charge in [0, 0.05) is 18.1 Å². The normalized spacial score (nSPS) is 12.2. The van der Waals surface area contributed by atoms with Gasteiger partial charge in [-0.05, 0) is 48.7 Å². The summed E-state index contributed by atoms with van der Waals surface area (Å²) in [5, 5.41) is 3.90. The Kier molecular flexibility index (Phi) is 11.6. The van der Waals surface area contributed by atoms with E-state index in [0.717, 1.165) is 23.4 Å². The lowest BCUT2D eigenvalue weighted by Gasteiger charge is -2.33. The molecular formula is C24H29Cl4N3O4S. The maximum atomic E-state index is 13.7. The number of hydrogen-bond acceptors (Lipinski definition) is 4. The third kappa shape index (κ3) is 8.42. The standard InChI is InChI=1S/C24H29Cl4N3O4S/c1-4-6-11-29-24(33)21(5-2)30(14-16-7-9-18(26)19(27)12-16)23(32)15-31(36(3,34)35)22-10-8-17(25)13-20(22)28/h7-10,12-13,21H,4-6,11,14-15H2,1-3H3,(H,29,33)/t21-/m1/s1. The molecule has 2 aromatic carbocycles. The number of sulfonamides is 1. The Bertz CT molecular complexity index is 1190. The molecule has 0 fully saturated rings. The molecule has 0 aromatic heterocycles. The molecule has 2 rings (SSSR count). The molecule has 0 radical (unpaired) electrons. The van der Waals surface area contributed by atoms with E-state index in [1.54, 1.807) is 25.1 Å². The van der Waals surface area contributed by atoms with Crippen molar-refractivity contribution < 1.29 is 18.0 Å². The van der Waals surface area contributed by atoms with Crippen LogP contribution in [0, 0.1) is 0 Å². The quantitative estimate of drug-likeness (QED) is 0.314. The van der Waals surface area contributed by atoms with Crippen molar-refractivity contribution >= 4 is 73.9 Å². The molecule has 0 saturated heterocycles. The molecular weight excluding hydrogens is 568 g/mol. The summed E-state index contributed by atoms with van der Waals surface area (Å²) in [6, 6.07) is 8.36. The summed E-state index contributed by atoms with van der Waals surface area (Å²) in [4.78, 5) is 28.0. The van der Waals surface area contributed by atoms with Gasteiger partial charge in [-0.1, -0.05) is 72.7 Å². The smallest absolute Gasteiger partial charge is 0.244 e. The third-order valence-electron chi connectivity index (χ3n) is 5.41. The van der Waals surface area contributed by atoms with Gasteiger partial charge in [0.15, 0.2) is 0 Å². The molecule has 0 saturated carbocycles. The van der Waals surface area contributed by atoms with E-state index >= 15 is 0 Å². The summed E-state index contributed by atoms with van der Waals surface area (Å²) >= 11 is 24.4. The van der Waals surface area contributed by atoms with Crippen LogP contribution in [0.3, 0.4) is 0 Å². The highest BCUT2D eigenvalue weighted by molar-refractivity contribution is 7.92. The average Bonchev–Trinajstić information content (AvgIpc) is 2.79. The van der Waals surface area contributed by atoms with Crippen molar-refractivity contribution in [1.29, 1.82) is 0 Å². The molecule has 0 unspecified atom stereocenters. The predicted molar refractivity (Wildman–Crippen MR) is 148 cm³/mol. The number of amides is 2. The summed E-state index contributed by atoms with van der Waals surface area (Å²) in [7, 11) is -3.92. The lowest BCUT2D eigenvalue weighted by atomic mass is 10.1. The van der Waals surface area contributed by atoms with Crippen LogP contribution in [0.2, 0.25) is 20.1 Å². The fourth-order valence-corrected chi connectivity index (χ4v) is 5.28. The van der Waals surface area contributed by atoms with Gasteiger partial charge in [-0.3, -0.25) is 13.9 Å². The van der Waals surface area contributed by atoms with Crippen LogP contribution in [0.15, 0.2) is 36.4 Å². The minimum absolute atomic E-state index is 0.0153. The number of rotatable bonds is 12. The van der Waals surface area contributed by atoms with Gasteiger partial charge in [-0.25, -0.2) is 8.42 Å². The Morgan fingerprint density at radius 3 is 2.22 bits per heavy atom. The molecule has 0 bridgehead atoms. The molecule has 0 heterocycles.